The van der Waals surface area contributed by atoms with Crippen LogP contribution < -0.4 is 10.6 Å². The van der Waals surface area contributed by atoms with E-state index in [0.717, 1.165) is 11.9 Å². The average Bonchev–Trinajstić information content (AvgIpc) is 3.31. The molecule has 0 aliphatic rings. The summed E-state index contributed by atoms with van der Waals surface area (Å²) in [7, 11) is -3.45. The van der Waals surface area contributed by atoms with E-state index in [9.17, 15) is 18.0 Å². The number of rotatable bonds is 6. The Morgan fingerprint density at radius 3 is 2.32 bits per heavy atom. The SMILES string of the molecule is CS(=O)(=O)c1cccc(C(=O)Nc2ccc(NC(=O)c3cnn(-c4ccccc4)c3)cc2Cl)c1. The van der Waals surface area contributed by atoms with E-state index in [0.29, 0.717) is 16.9 Å². The Labute approximate surface area is 201 Å². The molecule has 4 aromatic rings. The maximum atomic E-state index is 12.6. The van der Waals surface area contributed by atoms with E-state index < -0.39 is 15.7 Å². The van der Waals surface area contributed by atoms with Crippen LogP contribution in [0.2, 0.25) is 5.02 Å². The molecule has 0 radical (unpaired) electrons. The van der Waals surface area contributed by atoms with Crippen LogP contribution in [0, 0.1) is 0 Å². The average molecular weight is 495 g/mol. The summed E-state index contributed by atoms with van der Waals surface area (Å²) in [4.78, 5) is 25.2. The molecule has 2 amide bonds. The van der Waals surface area contributed by atoms with Crippen molar-refractivity contribution in [3.05, 3.63) is 101 Å². The predicted octanol–water partition coefficient (Wildman–Crippen LogP) is 4.43. The van der Waals surface area contributed by atoms with Gasteiger partial charge in [0.1, 0.15) is 0 Å². The van der Waals surface area contributed by atoms with Crippen molar-refractivity contribution < 1.29 is 18.0 Å². The van der Waals surface area contributed by atoms with E-state index >= 15 is 0 Å². The van der Waals surface area contributed by atoms with Crippen molar-refractivity contribution in [3.8, 4) is 5.69 Å². The Balaban J connectivity index is 1.45. The van der Waals surface area contributed by atoms with Crippen LogP contribution >= 0.6 is 11.6 Å². The lowest BCUT2D eigenvalue weighted by atomic mass is 10.2. The summed E-state index contributed by atoms with van der Waals surface area (Å²) in [5.74, 6) is -0.884. The largest absolute Gasteiger partial charge is 0.322 e. The van der Waals surface area contributed by atoms with Gasteiger partial charge in [-0.3, -0.25) is 9.59 Å². The van der Waals surface area contributed by atoms with Gasteiger partial charge in [-0.2, -0.15) is 5.10 Å². The molecular weight excluding hydrogens is 476 g/mol. The highest BCUT2D eigenvalue weighted by Gasteiger charge is 2.14. The molecule has 0 saturated carbocycles. The summed E-state index contributed by atoms with van der Waals surface area (Å²) < 4.78 is 25.1. The fourth-order valence-corrected chi connectivity index (χ4v) is 4.02. The number of nitrogens with one attached hydrogen (secondary N) is 2. The van der Waals surface area contributed by atoms with Gasteiger partial charge in [0.15, 0.2) is 9.84 Å². The molecule has 0 spiro atoms. The highest BCUT2D eigenvalue weighted by atomic mass is 35.5. The van der Waals surface area contributed by atoms with Gasteiger partial charge in [-0.25, -0.2) is 13.1 Å². The molecule has 3 aromatic carbocycles. The van der Waals surface area contributed by atoms with Crippen molar-refractivity contribution >= 4 is 44.6 Å². The smallest absolute Gasteiger partial charge is 0.258 e. The molecule has 0 atom stereocenters. The normalized spacial score (nSPS) is 11.1. The number of nitrogens with zero attached hydrogens (tertiary/aromatic N) is 2. The Hall–Kier alpha value is -3.95. The molecule has 1 heterocycles. The minimum absolute atomic E-state index is 0.0416. The topological polar surface area (TPSA) is 110 Å². The second-order valence-corrected chi connectivity index (χ2v) is 9.83. The van der Waals surface area contributed by atoms with E-state index in [-0.39, 0.29) is 21.4 Å². The molecule has 0 unspecified atom stereocenters. The Morgan fingerprint density at radius 2 is 1.62 bits per heavy atom. The van der Waals surface area contributed by atoms with Crippen molar-refractivity contribution in [2.24, 2.45) is 0 Å². The Bertz CT molecular complexity index is 1480. The number of aromatic nitrogens is 2. The van der Waals surface area contributed by atoms with Gasteiger partial charge in [0.05, 0.1) is 33.1 Å². The molecular formula is C24H19ClN4O4S. The number of benzene rings is 3. The van der Waals surface area contributed by atoms with Crippen LogP contribution in [0.15, 0.2) is 90.1 Å². The summed E-state index contributed by atoms with van der Waals surface area (Å²) in [5.41, 5.74) is 2.10. The van der Waals surface area contributed by atoms with Gasteiger partial charge in [0.2, 0.25) is 0 Å². The standard InChI is InChI=1S/C24H19ClN4O4S/c1-34(32,33)20-9-5-6-16(12-20)23(30)28-22-11-10-18(13-21(22)25)27-24(31)17-14-26-29(15-17)19-7-3-2-4-8-19/h2-15H,1H3,(H,27,31)(H,28,30). The molecule has 8 nitrogen and oxygen atoms in total. The first-order valence-electron chi connectivity index (χ1n) is 10.0. The van der Waals surface area contributed by atoms with Crippen molar-refractivity contribution in [2.45, 2.75) is 4.90 Å². The molecule has 0 aliphatic heterocycles. The third-order valence-corrected chi connectivity index (χ3v) is 6.29. The first kappa shape index (κ1) is 23.2. The lowest BCUT2D eigenvalue weighted by Crippen LogP contribution is -2.14. The molecule has 2 N–H and O–H groups in total. The van der Waals surface area contributed by atoms with Crippen LogP contribution in [0.3, 0.4) is 0 Å². The number of hydrogen-bond acceptors (Lipinski definition) is 5. The zero-order valence-corrected chi connectivity index (χ0v) is 19.5. The predicted molar refractivity (Wildman–Crippen MR) is 130 cm³/mol. The molecule has 4 rings (SSSR count). The quantitative estimate of drug-likeness (QED) is 0.412. The maximum Gasteiger partial charge on any atom is 0.258 e. The molecule has 0 fully saturated rings. The summed E-state index contributed by atoms with van der Waals surface area (Å²) in [6.45, 7) is 0. The van der Waals surface area contributed by atoms with Crippen LogP contribution in [0.25, 0.3) is 5.69 Å². The van der Waals surface area contributed by atoms with Crippen molar-refractivity contribution in [1.29, 1.82) is 0 Å². The lowest BCUT2D eigenvalue weighted by molar-refractivity contribution is 0.101. The zero-order valence-electron chi connectivity index (χ0n) is 17.9. The molecule has 0 aliphatic carbocycles. The van der Waals surface area contributed by atoms with Crippen molar-refractivity contribution in [1.82, 2.24) is 9.78 Å². The number of carbonyl (C=O) groups excluding carboxylic acids is 2. The number of para-hydroxylation sites is 1. The van der Waals surface area contributed by atoms with Crippen LogP contribution in [-0.4, -0.2) is 36.3 Å². The summed E-state index contributed by atoms with van der Waals surface area (Å²) in [6.07, 6.45) is 4.15. The fraction of sp³-hybridized carbons (Fsp3) is 0.0417. The number of hydrogen-bond donors (Lipinski definition) is 2. The zero-order chi connectivity index (χ0) is 24.3. The molecule has 0 saturated heterocycles. The number of anilines is 2. The lowest BCUT2D eigenvalue weighted by Gasteiger charge is -2.10. The van der Waals surface area contributed by atoms with Gasteiger partial charge >= 0.3 is 0 Å². The van der Waals surface area contributed by atoms with Gasteiger partial charge in [0, 0.05) is 23.7 Å². The van der Waals surface area contributed by atoms with Gasteiger partial charge in [-0.15, -0.1) is 0 Å². The third kappa shape index (κ3) is 5.33. The number of halogens is 1. The monoisotopic (exact) mass is 494 g/mol. The highest BCUT2D eigenvalue weighted by Crippen LogP contribution is 2.26. The Kier molecular flexibility index (Phi) is 6.49. The van der Waals surface area contributed by atoms with Crippen LogP contribution in [0.5, 0.6) is 0 Å². The van der Waals surface area contributed by atoms with Gasteiger partial charge < -0.3 is 10.6 Å². The second kappa shape index (κ2) is 9.50. The third-order valence-electron chi connectivity index (χ3n) is 4.87. The van der Waals surface area contributed by atoms with Crippen molar-refractivity contribution in [3.63, 3.8) is 0 Å². The molecule has 172 valence electrons. The summed E-state index contributed by atoms with van der Waals surface area (Å²) in [5, 5.41) is 9.80. The minimum atomic E-state index is -3.45. The summed E-state index contributed by atoms with van der Waals surface area (Å²) >= 11 is 6.30. The minimum Gasteiger partial charge on any atom is -0.322 e. The van der Waals surface area contributed by atoms with Crippen LogP contribution in [0.4, 0.5) is 11.4 Å². The van der Waals surface area contributed by atoms with Crippen LogP contribution in [0.1, 0.15) is 20.7 Å². The van der Waals surface area contributed by atoms with E-state index in [1.165, 1.54) is 36.5 Å². The maximum absolute atomic E-state index is 12.6. The van der Waals surface area contributed by atoms with Crippen molar-refractivity contribution in [2.75, 3.05) is 16.9 Å². The van der Waals surface area contributed by atoms with Gasteiger partial charge in [-0.1, -0.05) is 35.9 Å². The van der Waals surface area contributed by atoms with E-state index in [2.05, 4.69) is 15.7 Å². The summed E-state index contributed by atoms with van der Waals surface area (Å²) in [6, 6.07) is 19.7. The first-order valence-corrected chi connectivity index (χ1v) is 12.3. The fourth-order valence-electron chi connectivity index (χ4n) is 3.12. The molecule has 0 bridgehead atoms. The Morgan fingerprint density at radius 1 is 0.882 bits per heavy atom. The molecule has 10 heteroatoms. The van der Waals surface area contributed by atoms with Crippen LogP contribution in [-0.2, 0) is 9.84 Å². The second-order valence-electron chi connectivity index (χ2n) is 7.41. The number of carbonyl (C=O) groups is 2. The highest BCUT2D eigenvalue weighted by molar-refractivity contribution is 7.90. The number of sulfone groups is 1. The van der Waals surface area contributed by atoms with Gasteiger partial charge in [-0.05, 0) is 48.5 Å². The first-order chi connectivity index (χ1) is 16.2. The molecule has 1 aromatic heterocycles. The van der Waals surface area contributed by atoms with E-state index in [1.54, 1.807) is 23.0 Å². The number of amides is 2. The van der Waals surface area contributed by atoms with E-state index in [4.69, 9.17) is 11.6 Å². The molecule has 34 heavy (non-hydrogen) atoms. The van der Waals surface area contributed by atoms with E-state index in [1.807, 2.05) is 30.3 Å². The van der Waals surface area contributed by atoms with Gasteiger partial charge in [0.25, 0.3) is 11.8 Å².